The Morgan fingerprint density at radius 1 is 1.03 bits per heavy atom. The minimum Gasteiger partial charge on any atom is -0.294 e. The third-order valence-corrected chi connectivity index (χ3v) is 5.72. The number of rotatable bonds is 7. The van der Waals surface area contributed by atoms with Gasteiger partial charge in [-0.1, -0.05) is 71.2 Å². The monoisotopic (exact) mass is 511 g/mol. The molecule has 2 nitrogen and oxygen atoms in total. The number of Topliss-reactive ketones (excluding diaryl/α,β-unsaturated/α-hetero) is 1. The summed E-state index contributed by atoms with van der Waals surface area (Å²) in [6.45, 7) is 1.76. The summed E-state index contributed by atoms with van der Waals surface area (Å²) in [6.07, 6.45) is 0.344. The van der Waals surface area contributed by atoms with E-state index in [2.05, 4.69) is 4.98 Å². The first-order valence-electron chi connectivity index (χ1n) is 9.98. The van der Waals surface area contributed by atoms with Crippen LogP contribution >= 0.6 is 34.8 Å². The molecule has 8 heteroatoms. The van der Waals surface area contributed by atoms with Crippen LogP contribution in [0.3, 0.4) is 0 Å². The molecule has 0 amide bonds. The summed E-state index contributed by atoms with van der Waals surface area (Å²) < 4.78 is 41.0. The van der Waals surface area contributed by atoms with Gasteiger partial charge in [0.15, 0.2) is 5.78 Å². The summed E-state index contributed by atoms with van der Waals surface area (Å²) in [5, 5.41) is 0.650. The third-order valence-electron chi connectivity index (χ3n) is 5.06. The van der Waals surface area contributed by atoms with Crippen molar-refractivity contribution in [2.45, 2.75) is 31.9 Å². The lowest BCUT2D eigenvalue weighted by Gasteiger charge is -2.18. The van der Waals surface area contributed by atoms with E-state index in [1.54, 1.807) is 37.4 Å². The van der Waals surface area contributed by atoms with Crippen molar-refractivity contribution in [2.24, 2.45) is 0 Å². The van der Waals surface area contributed by atoms with Gasteiger partial charge in [-0.05, 0) is 59.9 Å². The number of ketones is 1. The zero-order valence-electron chi connectivity index (χ0n) is 17.5. The first kappa shape index (κ1) is 25.3. The average Bonchev–Trinajstić information content (AvgIpc) is 2.71. The molecule has 0 aliphatic carbocycles. The van der Waals surface area contributed by atoms with Gasteiger partial charge in [0.1, 0.15) is 5.15 Å². The minimum atomic E-state index is -4.52. The Balaban J connectivity index is 1.76. The minimum absolute atomic E-state index is 0.0449. The summed E-state index contributed by atoms with van der Waals surface area (Å²) in [6, 6.07) is 12.3. The third kappa shape index (κ3) is 7.07. The zero-order valence-corrected chi connectivity index (χ0v) is 19.7. The summed E-state index contributed by atoms with van der Waals surface area (Å²) in [4.78, 5) is 16.6. The summed E-state index contributed by atoms with van der Waals surface area (Å²) in [7, 11) is 0. The van der Waals surface area contributed by atoms with E-state index in [0.29, 0.717) is 28.3 Å². The topological polar surface area (TPSA) is 30.0 Å². The summed E-state index contributed by atoms with van der Waals surface area (Å²) in [5.41, 5.74) is 2.61. The Bertz CT molecular complexity index is 1150. The van der Waals surface area contributed by atoms with Crippen LogP contribution in [0.5, 0.6) is 0 Å². The van der Waals surface area contributed by atoms with Gasteiger partial charge in [0.2, 0.25) is 0 Å². The van der Waals surface area contributed by atoms with Crippen molar-refractivity contribution < 1.29 is 18.0 Å². The van der Waals surface area contributed by atoms with Crippen molar-refractivity contribution >= 4 is 46.7 Å². The van der Waals surface area contributed by atoms with Crippen LogP contribution in [0.25, 0.3) is 6.08 Å². The first-order valence-corrected chi connectivity index (χ1v) is 11.1. The predicted molar refractivity (Wildman–Crippen MR) is 127 cm³/mol. The van der Waals surface area contributed by atoms with Crippen LogP contribution in [-0.2, 0) is 6.42 Å². The molecule has 172 valence electrons. The number of carbonyl (C=O) groups is 1. The number of hydrogen-bond acceptors (Lipinski definition) is 2. The number of benzene rings is 2. The second-order valence-electron chi connectivity index (χ2n) is 7.57. The van der Waals surface area contributed by atoms with Crippen molar-refractivity contribution in [3.8, 4) is 0 Å². The van der Waals surface area contributed by atoms with Crippen LogP contribution in [0.4, 0.5) is 13.2 Å². The summed E-state index contributed by atoms with van der Waals surface area (Å²) >= 11 is 17.5. The van der Waals surface area contributed by atoms with Crippen LogP contribution in [0.1, 0.15) is 45.0 Å². The van der Waals surface area contributed by atoms with E-state index in [-0.39, 0.29) is 27.8 Å². The van der Waals surface area contributed by atoms with Crippen molar-refractivity contribution in [3.63, 3.8) is 0 Å². The van der Waals surface area contributed by atoms with Crippen molar-refractivity contribution in [1.29, 1.82) is 0 Å². The zero-order chi connectivity index (χ0) is 24.2. The molecule has 0 saturated heterocycles. The van der Waals surface area contributed by atoms with Gasteiger partial charge >= 0.3 is 6.18 Å². The fourth-order valence-corrected chi connectivity index (χ4v) is 4.08. The van der Waals surface area contributed by atoms with Crippen LogP contribution in [0, 0.1) is 6.92 Å². The predicted octanol–water partition coefficient (Wildman–Crippen LogP) is 8.53. The molecule has 1 heterocycles. The van der Waals surface area contributed by atoms with Gasteiger partial charge in [-0.3, -0.25) is 4.79 Å². The molecule has 0 radical (unpaired) electrons. The van der Waals surface area contributed by atoms with E-state index < -0.39 is 12.1 Å². The normalized spacial score (nSPS) is 12.8. The van der Waals surface area contributed by atoms with Crippen LogP contribution in [0.15, 0.2) is 60.8 Å². The Kier molecular flexibility index (Phi) is 8.22. The number of halogens is 6. The number of pyridine rings is 1. The average molecular weight is 513 g/mol. The highest BCUT2D eigenvalue weighted by Crippen LogP contribution is 2.38. The molecular formula is C25H19Cl3F3NO. The number of alkyl halides is 3. The molecule has 33 heavy (non-hydrogen) atoms. The Labute approximate surface area is 205 Å². The largest absolute Gasteiger partial charge is 0.399 e. The smallest absolute Gasteiger partial charge is 0.294 e. The number of carbonyl (C=O) groups excluding carboxylic acids is 1. The highest BCUT2D eigenvalue weighted by molar-refractivity contribution is 6.34. The second-order valence-corrected chi connectivity index (χ2v) is 8.83. The van der Waals surface area contributed by atoms with Gasteiger partial charge in [-0.25, -0.2) is 4.98 Å². The first-order chi connectivity index (χ1) is 15.5. The van der Waals surface area contributed by atoms with Gasteiger partial charge in [-0.15, -0.1) is 0 Å². The van der Waals surface area contributed by atoms with E-state index in [1.165, 1.54) is 24.3 Å². The molecule has 0 spiro atoms. The molecule has 1 aromatic heterocycles. The number of nitrogens with zero attached hydrogens (tertiary/aromatic N) is 1. The molecule has 0 N–H and O–H groups in total. The van der Waals surface area contributed by atoms with Gasteiger partial charge in [0, 0.05) is 28.2 Å². The van der Waals surface area contributed by atoms with Crippen molar-refractivity contribution in [2.75, 3.05) is 0 Å². The lowest BCUT2D eigenvalue weighted by Crippen LogP contribution is -2.18. The molecule has 0 saturated carbocycles. The molecule has 0 aliphatic rings. The van der Waals surface area contributed by atoms with Gasteiger partial charge in [-0.2, -0.15) is 13.2 Å². The molecule has 0 bridgehead atoms. The maximum absolute atomic E-state index is 13.7. The number of aryl methyl sites for hydroxylation is 2. The Hall–Kier alpha value is -2.34. The number of aromatic nitrogens is 1. The van der Waals surface area contributed by atoms with Crippen molar-refractivity contribution in [1.82, 2.24) is 4.98 Å². The summed E-state index contributed by atoms with van der Waals surface area (Å²) in [5.74, 6) is -1.93. The molecule has 3 aromatic rings. The lowest BCUT2D eigenvalue weighted by atomic mass is 9.95. The van der Waals surface area contributed by atoms with Crippen molar-refractivity contribution in [3.05, 3.63) is 104 Å². The quantitative estimate of drug-likeness (QED) is 0.234. The molecular weight excluding hydrogens is 494 g/mol. The van der Waals surface area contributed by atoms with Crippen LogP contribution < -0.4 is 0 Å². The van der Waals surface area contributed by atoms with Gasteiger partial charge < -0.3 is 0 Å². The van der Waals surface area contributed by atoms with E-state index in [9.17, 15) is 18.0 Å². The highest BCUT2D eigenvalue weighted by atomic mass is 35.5. The fourth-order valence-electron chi connectivity index (χ4n) is 3.42. The lowest BCUT2D eigenvalue weighted by molar-refractivity contribution is -0.139. The van der Waals surface area contributed by atoms with E-state index in [1.807, 2.05) is 6.07 Å². The molecule has 1 atom stereocenters. The Morgan fingerprint density at radius 3 is 2.30 bits per heavy atom. The maximum atomic E-state index is 13.7. The highest BCUT2D eigenvalue weighted by Gasteiger charge is 2.39. The molecule has 0 fully saturated rings. The van der Waals surface area contributed by atoms with E-state index >= 15 is 0 Å². The molecule has 2 aromatic carbocycles. The SMILES string of the molecule is Cc1cc(/C=C/C(c2cc(Cl)cc(Cl)c2)C(F)(F)F)ccc1C(=O)CCc1ccc(Cl)nc1. The van der Waals surface area contributed by atoms with E-state index in [4.69, 9.17) is 34.8 Å². The maximum Gasteiger partial charge on any atom is 0.399 e. The van der Waals surface area contributed by atoms with Crippen LogP contribution in [0.2, 0.25) is 15.2 Å². The van der Waals surface area contributed by atoms with Crippen LogP contribution in [-0.4, -0.2) is 16.9 Å². The molecule has 1 unspecified atom stereocenters. The Morgan fingerprint density at radius 2 is 1.73 bits per heavy atom. The molecule has 3 rings (SSSR count). The fraction of sp³-hybridized carbons (Fsp3) is 0.200. The standard InChI is InChI=1S/C25H19Cl3F3NO/c1-15-10-16(2-6-21(15)23(33)8-4-17-5-9-24(28)32-14-17)3-7-22(25(29,30)31)18-11-19(26)13-20(27)12-18/h2-3,5-7,9-14,22H,4,8H2,1H3/b7-3+. The second kappa shape index (κ2) is 10.7. The van der Waals surface area contributed by atoms with Gasteiger partial charge in [0.05, 0.1) is 5.92 Å². The number of hydrogen-bond donors (Lipinski definition) is 0. The van der Waals surface area contributed by atoms with E-state index in [0.717, 1.165) is 11.6 Å². The molecule has 0 aliphatic heterocycles. The number of allylic oxidation sites excluding steroid dienone is 1. The van der Waals surface area contributed by atoms with Gasteiger partial charge in [0.25, 0.3) is 0 Å².